The quantitative estimate of drug-likeness (QED) is 0.259. The number of carbonyl (C=O) groups is 4. The van der Waals surface area contributed by atoms with E-state index < -0.39 is 41.5 Å². The van der Waals surface area contributed by atoms with Crippen LogP contribution in [0.5, 0.6) is 0 Å². The number of anilines is 1. The minimum Gasteiger partial charge on any atom is -0.479 e. The fraction of sp³-hybridized carbons (Fsp3) is 0.417. The van der Waals surface area contributed by atoms with Gasteiger partial charge in [-0.1, -0.05) is 0 Å². The summed E-state index contributed by atoms with van der Waals surface area (Å²) < 4.78 is 13.5. The van der Waals surface area contributed by atoms with Crippen molar-refractivity contribution in [2.24, 2.45) is 0 Å². The Morgan fingerprint density at radius 2 is 1.84 bits per heavy atom. The summed E-state index contributed by atoms with van der Waals surface area (Å²) in [5, 5.41) is 24.0. The van der Waals surface area contributed by atoms with Crippen LogP contribution in [-0.2, 0) is 34.1 Å². The van der Waals surface area contributed by atoms with Crippen molar-refractivity contribution in [3.05, 3.63) is 11.1 Å². The fourth-order valence-corrected chi connectivity index (χ4v) is 2.46. The third-order valence-electron chi connectivity index (χ3n) is 2.90. The number of carboxylic acids is 2. The molecule has 4 N–H and O–H groups in total. The van der Waals surface area contributed by atoms with E-state index in [2.05, 4.69) is 29.8 Å². The van der Waals surface area contributed by atoms with E-state index in [1.165, 1.54) is 0 Å². The summed E-state index contributed by atoms with van der Waals surface area (Å²) in [6.45, 7) is 0. The van der Waals surface area contributed by atoms with Gasteiger partial charge in [-0.2, -0.15) is 0 Å². The molecular formula is C12H15N3O9S. The number of hydrogen-bond acceptors (Lipinski definition) is 10. The lowest BCUT2D eigenvalue weighted by molar-refractivity contribution is -0.168. The second-order valence-electron chi connectivity index (χ2n) is 4.30. The van der Waals surface area contributed by atoms with Gasteiger partial charge in [-0.3, -0.25) is 10.6 Å². The summed E-state index contributed by atoms with van der Waals surface area (Å²) in [7, 11) is 3.03. The molecule has 0 aromatic carbocycles. The maximum Gasteiger partial charge on any atom is 0.413 e. The first-order chi connectivity index (χ1) is 11.7. The lowest BCUT2D eigenvalue weighted by Crippen LogP contribution is -2.61. The minimum atomic E-state index is -2.68. The number of aliphatic carboxylic acids is 2. The Labute approximate surface area is 144 Å². The number of rotatable bonds is 8. The average molecular weight is 377 g/mol. The Morgan fingerprint density at radius 3 is 2.28 bits per heavy atom. The normalized spacial score (nSPS) is 14.0. The minimum absolute atomic E-state index is 0.0810. The molecule has 25 heavy (non-hydrogen) atoms. The zero-order chi connectivity index (χ0) is 19.2. The van der Waals surface area contributed by atoms with Crippen molar-refractivity contribution in [2.45, 2.75) is 11.8 Å². The number of nitrogens with zero attached hydrogens (tertiary/aromatic N) is 1. The number of thiazole rings is 1. The SMILES string of the molecule is COC(=O)Nc1nc(C(NC(OC)C(=O)O)(C(=O)O)C(=O)OC)cs1. The second-order valence-corrected chi connectivity index (χ2v) is 5.16. The van der Waals surface area contributed by atoms with E-state index in [-0.39, 0.29) is 5.13 Å². The molecule has 1 aromatic heterocycles. The Morgan fingerprint density at radius 1 is 1.20 bits per heavy atom. The Balaban J connectivity index is 3.40. The monoisotopic (exact) mass is 377 g/mol. The van der Waals surface area contributed by atoms with Gasteiger partial charge in [0.15, 0.2) is 5.13 Å². The van der Waals surface area contributed by atoms with Crippen LogP contribution < -0.4 is 10.6 Å². The van der Waals surface area contributed by atoms with Crippen molar-refractivity contribution in [1.29, 1.82) is 0 Å². The Kier molecular flexibility index (Phi) is 6.78. The van der Waals surface area contributed by atoms with Crippen LogP contribution in [0, 0.1) is 0 Å². The summed E-state index contributed by atoms with van der Waals surface area (Å²) in [5.41, 5.74) is -3.09. The smallest absolute Gasteiger partial charge is 0.413 e. The van der Waals surface area contributed by atoms with Gasteiger partial charge in [0.25, 0.3) is 5.54 Å². The molecule has 0 spiro atoms. The molecular weight excluding hydrogens is 362 g/mol. The number of hydrogen-bond donors (Lipinski definition) is 4. The van der Waals surface area contributed by atoms with E-state index in [1.54, 1.807) is 0 Å². The summed E-state index contributed by atoms with van der Waals surface area (Å²) in [6.07, 6.45) is -2.72. The van der Waals surface area contributed by atoms with E-state index in [0.717, 1.165) is 38.0 Å². The van der Waals surface area contributed by atoms with Crippen LogP contribution in [-0.4, -0.2) is 66.8 Å². The van der Waals surface area contributed by atoms with Crippen molar-refractivity contribution in [1.82, 2.24) is 10.3 Å². The topological polar surface area (TPSA) is 173 Å². The van der Waals surface area contributed by atoms with E-state index in [1.807, 2.05) is 0 Å². The third kappa shape index (κ3) is 4.20. The van der Waals surface area contributed by atoms with Crippen LogP contribution in [0.25, 0.3) is 0 Å². The van der Waals surface area contributed by atoms with Gasteiger partial charge >= 0.3 is 24.0 Å². The summed E-state index contributed by atoms with van der Waals surface area (Å²) in [4.78, 5) is 50.2. The zero-order valence-electron chi connectivity index (χ0n) is 13.3. The number of amides is 1. The summed E-state index contributed by atoms with van der Waals surface area (Å²) >= 11 is 0.786. The van der Waals surface area contributed by atoms with E-state index >= 15 is 0 Å². The van der Waals surface area contributed by atoms with Crippen molar-refractivity contribution in [3.63, 3.8) is 0 Å². The van der Waals surface area contributed by atoms with Gasteiger partial charge in [0, 0.05) is 12.5 Å². The molecule has 0 aliphatic carbocycles. The Bertz CT molecular complexity index is 677. The largest absolute Gasteiger partial charge is 0.479 e. The highest BCUT2D eigenvalue weighted by Gasteiger charge is 2.54. The van der Waals surface area contributed by atoms with Crippen LogP contribution in [0.4, 0.5) is 9.93 Å². The number of ether oxygens (including phenoxy) is 3. The molecule has 1 amide bonds. The predicted molar refractivity (Wildman–Crippen MR) is 81.0 cm³/mol. The molecule has 1 rings (SSSR count). The summed E-state index contributed by atoms with van der Waals surface area (Å²) in [5.74, 6) is -4.68. The number of carbonyl (C=O) groups excluding carboxylic acids is 2. The lowest BCUT2D eigenvalue weighted by atomic mass is 9.95. The van der Waals surface area contributed by atoms with E-state index in [4.69, 9.17) is 5.11 Å². The highest BCUT2D eigenvalue weighted by atomic mass is 32.1. The van der Waals surface area contributed by atoms with E-state index in [0.29, 0.717) is 0 Å². The van der Waals surface area contributed by atoms with Gasteiger partial charge in [0.05, 0.1) is 19.9 Å². The van der Waals surface area contributed by atoms with Crippen LogP contribution in [0.3, 0.4) is 0 Å². The average Bonchev–Trinajstić information content (AvgIpc) is 3.03. The van der Waals surface area contributed by atoms with Crippen LogP contribution in [0.1, 0.15) is 5.69 Å². The third-order valence-corrected chi connectivity index (χ3v) is 3.66. The van der Waals surface area contributed by atoms with Crippen LogP contribution in [0.15, 0.2) is 5.38 Å². The molecule has 0 saturated heterocycles. The standard InChI is InChI=1S/C12H15N3O9S/c1-22-6(7(16)17)15-12(8(18)19,9(20)23-2)5-4-25-10(13-5)14-11(21)24-3/h4,6,15H,1-3H3,(H,16,17)(H,18,19)(H,13,14,21). The molecule has 2 unspecified atom stereocenters. The summed E-state index contributed by atoms with van der Waals surface area (Å²) in [6, 6.07) is 0. The Hall–Kier alpha value is -2.77. The van der Waals surface area contributed by atoms with Gasteiger partial charge in [-0.15, -0.1) is 11.3 Å². The zero-order valence-corrected chi connectivity index (χ0v) is 14.1. The highest BCUT2D eigenvalue weighted by molar-refractivity contribution is 7.14. The number of methoxy groups -OCH3 is 3. The highest BCUT2D eigenvalue weighted by Crippen LogP contribution is 2.28. The van der Waals surface area contributed by atoms with Gasteiger partial charge < -0.3 is 24.4 Å². The number of aromatic nitrogens is 1. The number of carboxylic acid groups (broad SMARTS) is 2. The van der Waals surface area contributed by atoms with Crippen molar-refractivity contribution < 1.29 is 43.6 Å². The molecule has 1 heterocycles. The first-order valence-corrected chi connectivity index (χ1v) is 7.27. The van der Waals surface area contributed by atoms with E-state index in [9.17, 15) is 24.3 Å². The molecule has 0 aliphatic rings. The maximum absolute atomic E-state index is 12.2. The molecule has 2 atom stereocenters. The molecule has 0 fully saturated rings. The van der Waals surface area contributed by atoms with Gasteiger partial charge in [-0.25, -0.2) is 24.2 Å². The molecule has 12 nitrogen and oxygen atoms in total. The molecule has 0 bridgehead atoms. The van der Waals surface area contributed by atoms with Gasteiger partial charge in [-0.05, 0) is 0 Å². The second kappa shape index (κ2) is 8.36. The molecule has 1 aromatic rings. The van der Waals surface area contributed by atoms with Crippen LogP contribution >= 0.6 is 11.3 Å². The van der Waals surface area contributed by atoms with Crippen molar-refractivity contribution in [2.75, 3.05) is 26.6 Å². The first-order valence-electron chi connectivity index (χ1n) is 6.39. The van der Waals surface area contributed by atoms with Crippen molar-refractivity contribution >= 4 is 40.5 Å². The van der Waals surface area contributed by atoms with Crippen molar-refractivity contribution in [3.8, 4) is 0 Å². The van der Waals surface area contributed by atoms with Crippen LogP contribution in [0.2, 0.25) is 0 Å². The molecule has 0 saturated carbocycles. The molecule has 0 aliphatic heterocycles. The lowest BCUT2D eigenvalue weighted by Gasteiger charge is -2.28. The molecule has 138 valence electrons. The maximum atomic E-state index is 12.2. The number of nitrogens with one attached hydrogen (secondary N) is 2. The number of esters is 1. The molecule has 0 radical (unpaired) electrons. The van der Waals surface area contributed by atoms with Gasteiger partial charge in [0.2, 0.25) is 6.23 Å². The predicted octanol–water partition coefficient (Wildman–Crippen LogP) is -0.579. The van der Waals surface area contributed by atoms with Gasteiger partial charge in [0.1, 0.15) is 0 Å². The first kappa shape index (κ1) is 20.3. The fourth-order valence-electron chi connectivity index (χ4n) is 1.71. The molecule has 13 heteroatoms.